The highest BCUT2D eigenvalue weighted by molar-refractivity contribution is 7.17. The van der Waals surface area contributed by atoms with Gasteiger partial charge in [-0.2, -0.15) is 0 Å². The van der Waals surface area contributed by atoms with Crippen LogP contribution in [0.25, 0.3) is 0 Å². The quantitative estimate of drug-likeness (QED) is 0.559. The fraction of sp³-hybridized carbons (Fsp3) is 0.333. The van der Waals surface area contributed by atoms with E-state index in [4.69, 9.17) is 5.73 Å². The molecular formula is C18H18N4O6S. The van der Waals surface area contributed by atoms with Crippen LogP contribution in [0.1, 0.15) is 50.1 Å². The number of primary amides is 1. The maximum absolute atomic E-state index is 12.7. The number of hydrogen-bond donors (Lipinski definition) is 2. The van der Waals surface area contributed by atoms with Crippen molar-refractivity contribution in [1.29, 1.82) is 0 Å². The third-order valence-corrected chi connectivity index (χ3v) is 6.16. The first-order valence-electron chi connectivity index (χ1n) is 8.79. The van der Waals surface area contributed by atoms with Crippen LogP contribution in [-0.4, -0.2) is 21.7 Å². The van der Waals surface area contributed by atoms with Gasteiger partial charge >= 0.3 is 0 Å². The summed E-state index contributed by atoms with van der Waals surface area (Å²) in [5.41, 5.74) is 5.12. The average molecular weight is 418 g/mol. The molecule has 11 heteroatoms. The number of rotatable bonds is 5. The van der Waals surface area contributed by atoms with Gasteiger partial charge in [-0.05, 0) is 37.7 Å². The lowest BCUT2D eigenvalue weighted by Crippen LogP contribution is -2.19. The Kier molecular flexibility index (Phi) is 5.33. The Hall–Kier alpha value is -3.34. The van der Waals surface area contributed by atoms with E-state index in [0.29, 0.717) is 12.3 Å². The molecule has 0 aliphatic heterocycles. The lowest BCUT2D eigenvalue weighted by Gasteiger charge is -2.18. The smallest absolute Gasteiger partial charge is 0.279 e. The van der Waals surface area contributed by atoms with Crippen molar-refractivity contribution < 1.29 is 19.4 Å². The molecular weight excluding hydrogens is 400 g/mol. The number of nitro groups is 2. The molecule has 0 spiro atoms. The molecule has 0 saturated heterocycles. The average Bonchev–Trinajstić information content (AvgIpc) is 2.98. The number of carbonyl (C=O) groups excluding carboxylic acids is 2. The highest BCUT2D eigenvalue weighted by atomic mass is 32.1. The summed E-state index contributed by atoms with van der Waals surface area (Å²) in [7, 11) is 0. The number of nitrogens with two attached hydrogens (primary N) is 1. The molecule has 1 aromatic heterocycles. The van der Waals surface area contributed by atoms with Gasteiger partial charge in [-0.1, -0.05) is 6.92 Å². The molecule has 2 amide bonds. The summed E-state index contributed by atoms with van der Waals surface area (Å²) in [6, 6.07) is 1.97. The van der Waals surface area contributed by atoms with E-state index >= 15 is 0 Å². The first-order valence-corrected chi connectivity index (χ1v) is 9.60. The molecule has 0 radical (unpaired) electrons. The second-order valence-corrected chi connectivity index (χ2v) is 8.13. The predicted octanol–water partition coefficient (Wildman–Crippen LogP) is 3.35. The summed E-state index contributed by atoms with van der Waals surface area (Å²) < 4.78 is 0. The van der Waals surface area contributed by atoms with Crippen molar-refractivity contribution in [3.63, 3.8) is 0 Å². The molecule has 0 saturated carbocycles. The van der Waals surface area contributed by atoms with Crippen LogP contribution in [0, 0.1) is 33.1 Å². The van der Waals surface area contributed by atoms with E-state index in [-0.39, 0.29) is 21.7 Å². The number of hydrogen-bond acceptors (Lipinski definition) is 7. The molecule has 1 unspecified atom stereocenters. The number of nitrogens with zero attached hydrogens (tertiary/aromatic N) is 2. The van der Waals surface area contributed by atoms with Crippen LogP contribution >= 0.6 is 11.3 Å². The minimum Gasteiger partial charge on any atom is -0.365 e. The number of carbonyl (C=O) groups is 2. The zero-order valence-corrected chi connectivity index (χ0v) is 16.5. The second kappa shape index (κ2) is 7.59. The molecule has 1 aliphatic rings. The van der Waals surface area contributed by atoms with E-state index < -0.39 is 33.0 Å². The summed E-state index contributed by atoms with van der Waals surface area (Å²) in [5, 5.41) is 25.3. The van der Waals surface area contributed by atoms with Crippen molar-refractivity contribution >= 4 is 39.5 Å². The van der Waals surface area contributed by atoms with Crippen LogP contribution in [-0.2, 0) is 12.8 Å². The molecule has 10 nitrogen and oxygen atoms in total. The maximum Gasteiger partial charge on any atom is 0.279 e. The van der Waals surface area contributed by atoms with Crippen molar-refractivity contribution in [2.75, 3.05) is 5.32 Å². The molecule has 152 valence electrons. The summed E-state index contributed by atoms with van der Waals surface area (Å²) in [5.74, 6) is -1.02. The minimum atomic E-state index is -0.787. The van der Waals surface area contributed by atoms with Crippen molar-refractivity contribution in [2.45, 2.75) is 33.1 Å². The summed E-state index contributed by atoms with van der Waals surface area (Å²) in [6.45, 7) is 3.34. The van der Waals surface area contributed by atoms with Crippen LogP contribution in [0.4, 0.5) is 16.4 Å². The van der Waals surface area contributed by atoms with Gasteiger partial charge in [-0.15, -0.1) is 11.3 Å². The highest BCUT2D eigenvalue weighted by Crippen LogP contribution is 2.40. The van der Waals surface area contributed by atoms with E-state index in [9.17, 15) is 29.8 Å². The summed E-state index contributed by atoms with van der Waals surface area (Å²) >= 11 is 1.24. The van der Waals surface area contributed by atoms with Gasteiger partial charge in [-0.25, -0.2) is 0 Å². The van der Waals surface area contributed by atoms with E-state index in [1.54, 1.807) is 0 Å². The van der Waals surface area contributed by atoms with Crippen molar-refractivity contribution in [1.82, 2.24) is 0 Å². The molecule has 29 heavy (non-hydrogen) atoms. The monoisotopic (exact) mass is 418 g/mol. The lowest BCUT2D eigenvalue weighted by atomic mass is 9.88. The van der Waals surface area contributed by atoms with Crippen LogP contribution in [0.3, 0.4) is 0 Å². The van der Waals surface area contributed by atoms with Crippen LogP contribution in [0.15, 0.2) is 12.1 Å². The molecule has 1 atom stereocenters. The molecule has 0 fully saturated rings. The topological polar surface area (TPSA) is 158 Å². The van der Waals surface area contributed by atoms with Gasteiger partial charge in [0.2, 0.25) is 0 Å². The first kappa shape index (κ1) is 20.4. The highest BCUT2D eigenvalue weighted by Gasteiger charge is 2.29. The van der Waals surface area contributed by atoms with Gasteiger partial charge in [-0.3, -0.25) is 29.8 Å². The van der Waals surface area contributed by atoms with Crippen molar-refractivity contribution in [2.24, 2.45) is 11.7 Å². The Morgan fingerprint density at radius 2 is 1.79 bits per heavy atom. The predicted molar refractivity (Wildman–Crippen MR) is 106 cm³/mol. The molecule has 1 aliphatic carbocycles. The molecule has 3 rings (SSSR count). The largest absolute Gasteiger partial charge is 0.365 e. The molecule has 1 heterocycles. The Morgan fingerprint density at radius 3 is 2.31 bits per heavy atom. The lowest BCUT2D eigenvalue weighted by molar-refractivity contribution is -0.395. The zero-order valence-electron chi connectivity index (χ0n) is 15.7. The third-order valence-electron chi connectivity index (χ3n) is 4.99. The fourth-order valence-corrected chi connectivity index (χ4v) is 4.88. The standard InChI is InChI=1S/C18H18N4O6S/c1-8-3-4-11-14(5-8)29-18(15(11)16(19)23)20-17(24)10-6-12(21(25)26)9(2)13(7-10)22(27)28/h6-8H,3-5H2,1-2H3,(H2,19,23)(H,20,24). The van der Waals surface area contributed by atoms with Gasteiger partial charge in [0.15, 0.2) is 0 Å². The normalized spacial score (nSPS) is 15.4. The van der Waals surface area contributed by atoms with Gasteiger partial charge < -0.3 is 11.1 Å². The molecule has 3 N–H and O–H groups in total. The van der Waals surface area contributed by atoms with Crippen LogP contribution < -0.4 is 11.1 Å². The number of benzene rings is 1. The molecule has 0 bridgehead atoms. The Balaban J connectivity index is 2.02. The summed E-state index contributed by atoms with van der Waals surface area (Å²) in [6.07, 6.45) is 2.33. The van der Waals surface area contributed by atoms with Crippen molar-refractivity contribution in [3.8, 4) is 0 Å². The van der Waals surface area contributed by atoms with Gasteiger partial charge in [0.25, 0.3) is 23.2 Å². The van der Waals surface area contributed by atoms with E-state index in [1.807, 2.05) is 0 Å². The molecule has 2 aromatic rings. The molecule has 1 aromatic carbocycles. The SMILES string of the molecule is Cc1c([N+](=O)[O-])cc(C(=O)Nc2sc3c(c2C(N)=O)CCC(C)C3)cc1[N+](=O)[O-]. The minimum absolute atomic E-state index is 0.144. The van der Waals surface area contributed by atoms with E-state index in [1.165, 1.54) is 18.3 Å². The van der Waals surface area contributed by atoms with Crippen LogP contribution in [0.5, 0.6) is 0 Å². The van der Waals surface area contributed by atoms with E-state index in [2.05, 4.69) is 12.2 Å². The Morgan fingerprint density at radius 1 is 1.21 bits per heavy atom. The number of thiophene rings is 1. The fourth-order valence-electron chi connectivity index (χ4n) is 3.47. The Bertz CT molecular complexity index is 1030. The van der Waals surface area contributed by atoms with Crippen molar-refractivity contribution in [3.05, 3.63) is 59.5 Å². The first-order chi connectivity index (χ1) is 13.6. The van der Waals surface area contributed by atoms with Gasteiger partial charge in [0, 0.05) is 17.0 Å². The maximum atomic E-state index is 12.7. The van der Waals surface area contributed by atoms with Gasteiger partial charge in [0.1, 0.15) is 10.6 Å². The number of nitrogens with one attached hydrogen (secondary N) is 1. The zero-order chi connectivity index (χ0) is 21.5. The second-order valence-electron chi connectivity index (χ2n) is 7.03. The number of nitro benzene ring substituents is 2. The summed E-state index contributed by atoms with van der Waals surface area (Å²) in [4.78, 5) is 46.6. The number of fused-ring (bicyclic) bond motifs is 1. The number of anilines is 1. The van der Waals surface area contributed by atoms with Gasteiger partial charge in [0.05, 0.1) is 21.0 Å². The van der Waals surface area contributed by atoms with Crippen LogP contribution in [0.2, 0.25) is 0 Å². The van der Waals surface area contributed by atoms with E-state index in [0.717, 1.165) is 35.4 Å². The number of amides is 2. The Labute approximate surface area is 169 Å². The third kappa shape index (κ3) is 3.81.